The van der Waals surface area contributed by atoms with Gasteiger partial charge in [0.1, 0.15) is 0 Å². The maximum absolute atomic E-state index is 10.7. The Morgan fingerprint density at radius 3 is 2.33 bits per heavy atom. The first-order valence-electron chi connectivity index (χ1n) is 7.57. The molecular formula is C16H30O2. The number of hydrogen-bond acceptors (Lipinski definition) is 2. The predicted octanol–water partition coefficient (Wildman–Crippen LogP) is 3.36. The Hall–Kier alpha value is -0.0800. The summed E-state index contributed by atoms with van der Waals surface area (Å²) >= 11 is 0. The van der Waals surface area contributed by atoms with E-state index in [0.717, 1.165) is 19.3 Å². The number of aliphatic hydroxyl groups excluding tert-OH is 1. The van der Waals surface area contributed by atoms with Crippen molar-refractivity contribution in [2.24, 2.45) is 22.7 Å². The van der Waals surface area contributed by atoms with Crippen molar-refractivity contribution in [1.29, 1.82) is 0 Å². The second-order valence-electron chi connectivity index (χ2n) is 7.86. The van der Waals surface area contributed by atoms with Crippen LogP contribution in [-0.2, 0) is 0 Å². The number of rotatable bonds is 2. The molecule has 2 aliphatic rings. The minimum absolute atomic E-state index is 0.198. The first-order valence-corrected chi connectivity index (χ1v) is 7.57. The molecule has 0 aromatic carbocycles. The molecule has 2 rings (SSSR count). The van der Waals surface area contributed by atoms with Gasteiger partial charge in [-0.25, -0.2) is 0 Å². The van der Waals surface area contributed by atoms with Crippen LogP contribution in [-0.4, -0.2) is 22.4 Å². The highest BCUT2D eigenvalue weighted by atomic mass is 16.3. The van der Waals surface area contributed by atoms with E-state index < -0.39 is 5.60 Å². The lowest BCUT2D eigenvalue weighted by molar-refractivity contribution is -0.171. The zero-order chi connectivity index (χ0) is 13.6. The molecule has 1 unspecified atom stereocenters. The maximum atomic E-state index is 10.7. The van der Waals surface area contributed by atoms with Gasteiger partial charge in [0.15, 0.2) is 0 Å². The van der Waals surface area contributed by atoms with Gasteiger partial charge in [-0.1, -0.05) is 27.2 Å². The van der Waals surface area contributed by atoms with Gasteiger partial charge in [-0.3, -0.25) is 0 Å². The van der Waals surface area contributed by atoms with E-state index in [1.165, 1.54) is 19.3 Å². The molecule has 2 nitrogen and oxygen atoms in total. The Balaban J connectivity index is 2.35. The summed E-state index contributed by atoms with van der Waals surface area (Å²) in [5.41, 5.74) is -0.00909. The fourth-order valence-electron chi connectivity index (χ4n) is 5.39. The third-order valence-electron chi connectivity index (χ3n) is 6.18. The smallest absolute Gasteiger partial charge is 0.0654 e. The van der Waals surface area contributed by atoms with Gasteiger partial charge in [0.25, 0.3) is 0 Å². The molecule has 18 heavy (non-hydrogen) atoms. The minimum atomic E-state index is -0.596. The van der Waals surface area contributed by atoms with Crippen LogP contribution >= 0.6 is 0 Å². The van der Waals surface area contributed by atoms with Crippen LogP contribution in [0.5, 0.6) is 0 Å². The van der Waals surface area contributed by atoms with Crippen LogP contribution in [0.25, 0.3) is 0 Å². The van der Waals surface area contributed by atoms with Crippen molar-refractivity contribution < 1.29 is 10.2 Å². The average Bonchev–Trinajstić information content (AvgIpc) is 2.22. The van der Waals surface area contributed by atoms with Crippen LogP contribution in [0.2, 0.25) is 0 Å². The summed E-state index contributed by atoms with van der Waals surface area (Å²) in [4.78, 5) is 0. The highest BCUT2D eigenvalue weighted by Gasteiger charge is 2.57. The van der Waals surface area contributed by atoms with Gasteiger partial charge in [0, 0.05) is 6.61 Å². The second kappa shape index (κ2) is 4.49. The van der Waals surface area contributed by atoms with Crippen LogP contribution in [0.3, 0.4) is 0 Å². The van der Waals surface area contributed by atoms with Crippen molar-refractivity contribution in [3.05, 3.63) is 0 Å². The van der Waals surface area contributed by atoms with E-state index in [2.05, 4.69) is 20.8 Å². The van der Waals surface area contributed by atoms with Gasteiger partial charge in [0.2, 0.25) is 0 Å². The molecule has 4 atom stereocenters. The lowest BCUT2D eigenvalue weighted by Crippen LogP contribution is -2.57. The van der Waals surface area contributed by atoms with Gasteiger partial charge in [-0.15, -0.1) is 0 Å². The number of aliphatic hydroxyl groups is 2. The first-order chi connectivity index (χ1) is 8.24. The molecule has 2 fully saturated rings. The molecule has 0 heterocycles. The van der Waals surface area contributed by atoms with E-state index in [1.807, 2.05) is 6.92 Å². The lowest BCUT2D eigenvalue weighted by atomic mass is 9.45. The summed E-state index contributed by atoms with van der Waals surface area (Å²) in [7, 11) is 0. The van der Waals surface area contributed by atoms with E-state index in [-0.39, 0.29) is 17.9 Å². The van der Waals surface area contributed by atoms with Crippen LogP contribution in [0.1, 0.15) is 66.2 Å². The Kier molecular flexibility index (Phi) is 3.57. The molecular weight excluding hydrogens is 224 g/mol. The molecule has 106 valence electrons. The highest BCUT2D eigenvalue weighted by Crippen LogP contribution is 2.62. The summed E-state index contributed by atoms with van der Waals surface area (Å²) in [6.45, 7) is 9.34. The molecule has 2 saturated carbocycles. The molecule has 0 radical (unpaired) electrons. The summed E-state index contributed by atoms with van der Waals surface area (Å²) in [6.07, 6.45) is 6.55. The summed E-state index contributed by atoms with van der Waals surface area (Å²) < 4.78 is 0. The van der Waals surface area contributed by atoms with Crippen molar-refractivity contribution >= 4 is 0 Å². The van der Waals surface area contributed by atoms with Crippen LogP contribution < -0.4 is 0 Å². The third kappa shape index (κ3) is 2.12. The van der Waals surface area contributed by atoms with Gasteiger partial charge in [0.05, 0.1) is 5.60 Å². The second-order valence-corrected chi connectivity index (χ2v) is 7.86. The summed E-state index contributed by atoms with van der Waals surface area (Å²) in [5, 5.41) is 20.1. The molecule has 0 aromatic heterocycles. The Morgan fingerprint density at radius 2 is 1.72 bits per heavy atom. The van der Waals surface area contributed by atoms with E-state index >= 15 is 0 Å². The van der Waals surface area contributed by atoms with Crippen LogP contribution in [0, 0.1) is 22.7 Å². The van der Waals surface area contributed by atoms with Crippen molar-refractivity contribution in [3.8, 4) is 0 Å². The molecule has 0 saturated heterocycles. The quantitative estimate of drug-likeness (QED) is 0.793. The summed E-state index contributed by atoms with van der Waals surface area (Å²) in [6, 6.07) is 0. The van der Waals surface area contributed by atoms with Gasteiger partial charge in [-0.05, 0) is 61.7 Å². The van der Waals surface area contributed by atoms with Gasteiger partial charge >= 0.3 is 0 Å². The van der Waals surface area contributed by atoms with Crippen LogP contribution in [0.15, 0.2) is 0 Å². The number of hydrogen-bond donors (Lipinski definition) is 2. The molecule has 0 amide bonds. The molecule has 2 heteroatoms. The standard InChI is InChI=1S/C16H30O2/c1-14(2)8-5-9-15(3)12(14)6-10-16(4,18)13(15)7-11-17/h12-13,17-18H,5-11H2,1-4H3/t12?,13-,15+,16-/m1/s1. The molecule has 0 aromatic rings. The highest BCUT2D eigenvalue weighted by molar-refractivity contribution is 5.07. The van der Waals surface area contributed by atoms with Crippen LogP contribution in [0.4, 0.5) is 0 Å². The zero-order valence-electron chi connectivity index (χ0n) is 12.5. The molecule has 0 spiro atoms. The lowest BCUT2D eigenvalue weighted by Gasteiger charge is -2.61. The molecule has 0 bridgehead atoms. The third-order valence-corrected chi connectivity index (χ3v) is 6.18. The van der Waals surface area contributed by atoms with Crippen molar-refractivity contribution in [3.63, 3.8) is 0 Å². The molecule has 2 N–H and O–H groups in total. The fraction of sp³-hybridized carbons (Fsp3) is 1.00. The largest absolute Gasteiger partial charge is 0.396 e. The number of fused-ring (bicyclic) bond motifs is 1. The minimum Gasteiger partial charge on any atom is -0.396 e. The molecule has 0 aliphatic heterocycles. The van der Waals surface area contributed by atoms with E-state index in [1.54, 1.807) is 0 Å². The van der Waals surface area contributed by atoms with Crippen molar-refractivity contribution in [2.75, 3.05) is 6.61 Å². The van der Waals surface area contributed by atoms with Gasteiger partial charge in [-0.2, -0.15) is 0 Å². The van der Waals surface area contributed by atoms with Crippen molar-refractivity contribution in [1.82, 2.24) is 0 Å². The topological polar surface area (TPSA) is 40.5 Å². The molecule has 2 aliphatic carbocycles. The monoisotopic (exact) mass is 254 g/mol. The summed E-state index contributed by atoms with van der Waals surface area (Å²) in [5.74, 6) is 0.934. The Morgan fingerprint density at radius 1 is 1.06 bits per heavy atom. The Labute approximate surface area is 112 Å². The predicted molar refractivity (Wildman–Crippen MR) is 74.3 cm³/mol. The normalized spacial score (nSPS) is 47.7. The van der Waals surface area contributed by atoms with E-state index in [4.69, 9.17) is 0 Å². The van der Waals surface area contributed by atoms with Crippen molar-refractivity contribution in [2.45, 2.75) is 71.8 Å². The first kappa shape index (κ1) is 14.3. The zero-order valence-corrected chi connectivity index (χ0v) is 12.5. The van der Waals surface area contributed by atoms with Gasteiger partial charge < -0.3 is 10.2 Å². The van der Waals surface area contributed by atoms with E-state index in [9.17, 15) is 10.2 Å². The average molecular weight is 254 g/mol. The Bertz CT molecular complexity index is 308. The fourth-order valence-corrected chi connectivity index (χ4v) is 5.39. The van der Waals surface area contributed by atoms with E-state index in [0.29, 0.717) is 11.3 Å². The maximum Gasteiger partial charge on any atom is 0.0654 e. The SMILES string of the molecule is CC1(C)CCC[C@@]2(C)C1CC[C@@](C)(O)[C@@H]2CCO.